The van der Waals surface area contributed by atoms with Crippen molar-refractivity contribution in [2.75, 3.05) is 12.5 Å². The van der Waals surface area contributed by atoms with E-state index in [1.807, 2.05) is 24.3 Å². The average molecular weight is 612 g/mol. The lowest BCUT2D eigenvalue weighted by Gasteiger charge is -2.43. The van der Waals surface area contributed by atoms with Gasteiger partial charge in [0.25, 0.3) is 0 Å². The van der Waals surface area contributed by atoms with Crippen molar-refractivity contribution in [3.8, 4) is 5.75 Å². The van der Waals surface area contributed by atoms with Crippen LogP contribution in [0.25, 0.3) is 10.8 Å². The summed E-state index contributed by atoms with van der Waals surface area (Å²) in [5.41, 5.74) is -2.18. The van der Waals surface area contributed by atoms with Crippen LogP contribution in [0.3, 0.4) is 0 Å². The van der Waals surface area contributed by atoms with Gasteiger partial charge in [0.15, 0.2) is 4.90 Å². The van der Waals surface area contributed by atoms with Crippen LogP contribution in [0, 0.1) is 34.9 Å². The van der Waals surface area contributed by atoms with Crippen LogP contribution in [0.1, 0.15) is 19.8 Å². The van der Waals surface area contributed by atoms with Gasteiger partial charge in [-0.1, -0.05) is 56.2 Å². The Morgan fingerprint density at radius 2 is 0.953 bits per heavy atom. The number of aromatic hydroxyl groups is 1. The van der Waals surface area contributed by atoms with Crippen molar-refractivity contribution in [1.82, 2.24) is 0 Å². The van der Waals surface area contributed by atoms with Gasteiger partial charge in [-0.2, -0.15) is 6.32 Å². The summed E-state index contributed by atoms with van der Waals surface area (Å²) in [4.78, 5) is 1.32. The molecule has 224 valence electrons. The van der Waals surface area contributed by atoms with Crippen molar-refractivity contribution in [2.45, 2.75) is 31.0 Å². The zero-order chi connectivity index (χ0) is 31.3. The van der Waals surface area contributed by atoms with E-state index in [-0.39, 0.29) is 23.6 Å². The van der Waals surface area contributed by atoms with Gasteiger partial charge in [-0.05, 0) is 54.6 Å². The molecule has 0 aliphatic carbocycles. The molecule has 0 amide bonds. The molecule has 0 bridgehead atoms. The molecule has 1 nitrogen and oxygen atoms in total. The average Bonchev–Trinajstić information content (AvgIpc) is 2.96. The van der Waals surface area contributed by atoms with E-state index < -0.39 is 57.4 Å². The molecule has 0 fully saturated rings. The molecule has 5 rings (SSSR count). The van der Waals surface area contributed by atoms with Crippen molar-refractivity contribution in [3.05, 3.63) is 126 Å². The van der Waals surface area contributed by atoms with E-state index in [2.05, 4.69) is 18.6 Å². The number of unbranched alkanes of at least 4 members (excludes halogenated alkanes) is 1. The predicted molar refractivity (Wildman–Crippen MR) is 167 cm³/mol. The van der Waals surface area contributed by atoms with E-state index in [4.69, 9.17) is 0 Å². The van der Waals surface area contributed by atoms with Crippen molar-refractivity contribution < 1.29 is 31.4 Å². The van der Waals surface area contributed by atoms with E-state index in [1.54, 1.807) is 13.0 Å². The van der Waals surface area contributed by atoms with Gasteiger partial charge in [0, 0.05) is 21.7 Å². The summed E-state index contributed by atoms with van der Waals surface area (Å²) in [7, 11) is 0.227. The Balaban J connectivity index is 0.000000251. The summed E-state index contributed by atoms with van der Waals surface area (Å²) in [6.45, 7) is 1.76. The number of fused-ring (bicyclic) bond motifs is 1. The van der Waals surface area contributed by atoms with Gasteiger partial charge in [0.05, 0.1) is 34.9 Å². The molecule has 0 radical (unpaired) electrons. The van der Waals surface area contributed by atoms with Gasteiger partial charge in [0.2, 0.25) is 0 Å². The first kappa shape index (κ1) is 32.1. The van der Waals surface area contributed by atoms with Gasteiger partial charge in [-0.25, -0.2) is 26.3 Å². The molecular formula is C34H31BF6OS. The lowest BCUT2D eigenvalue weighted by Crippen LogP contribution is -2.72. The number of phenols is 1. The normalized spacial score (nSPS) is 11.5. The predicted octanol–water partition coefficient (Wildman–Crippen LogP) is 7.57. The second-order valence-corrected chi connectivity index (χ2v) is 12.6. The Bertz CT molecular complexity index is 1560. The Morgan fingerprint density at radius 1 is 0.558 bits per heavy atom. The number of phenolic OH excluding ortho intramolecular Hbond substituents is 1. The zero-order valence-corrected chi connectivity index (χ0v) is 24.8. The zero-order valence-electron chi connectivity index (χ0n) is 24.0. The van der Waals surface area contributed by atoms with E-state index in [9.17, 15) is 31.4 Å². The second kappa shape index (κ2) is 13.6. The second-order valence-electron chi connectivity index (χ2n) is 10.5. The van der Waals surface area contributed by atoms with Crippen molar-refractivity contribution >= 4 is 44.2 Å². The largest absolute Gasteiger partial charge is 0.507 e. The van der Waals surface area contributed by atoms with Crippen LogP contribution in [0.5, 0.6) is 5.75 Å². The highest BCUT2D eigenvalue weighted by atomic mass is 32.2. The molecule has 5 aromatic carbocycles. The lowest BCUT2D eigenvalue weighted by atomic mass is 9.13. The van der Waals surface area contributed by atoms with E-state index in [0.29, 0.717) is 12.2 Å². The molecule has 0 heterocycles. The summed E-state index contributed by atoms with van der Waals surface area (Å²) in [5.74, 6) is -6.34. The van der Waals surface area contributed by atoms with Gasteiger partial charge in [-0.15, -0.1) is 16.4 Å². The molecule has 0 saturated heterocycles. The number of halogens is 6. The first-order valence-corrected chi connectivity index (χ1v) is 15.9. The van der Waals surface area contributed by atoms with E-state index in [0.717, 1.165) is 60.0 Å². The van der Waals surface area contributed by atoms with Crippen molar-refractivity contribution in [1.29, 1.82) is 0 Å². The Kier molecular flexibility index (Phi) is 10.2. The fourth-order valence-corrected chi connectivity index (χ4v) is 6.89. The highest BCUT2D eigenvalue weighted by Crippen LogP contribution is 2.30. The van der Waals surface area contributed by atoms with Crippen LogP contribution in [0.15, 0.2) is 95.9 Å². The molecule has 0 aromatic heterocycles. The van der Waals surface area contributed by atoms with E-state index in [1.165, 1.54) is 10.3 Å². The fraction of sp³-hybridized carbons (Fsp3) is 0.176. The van der Waals surface area contributed by atoms with Crippen LogP contribution in [0.2, 0.25) is 6.32 Å². The summed E-state index contributed by atoms with van der Waals surface area (Å²) in [6, 6.07) is 20.5. The molecule has 0 unspecified atom stereocenters. The van der Waals surface area contributed by atoms with E-state index >= 15 is 0 Å². The molecule has 43 heavy (non-hydrogen) atoms. The molecule has 9 heteroatoms. The minimum absolute atomic E-state index is 0.227. The Labute approximate surface area is 250 Å². The van der Waals surface area contributed by atoms with Crippen molar-refractivity contribution in [3.63, 3.8) is 0 Å². The van der Waals surface area contributed by atoms with Gasteiger partial charge >= 0.3 is 0 Å². The molecule has 1 N–H and O–H groups in total. The van der Waals surface area contributed by atoms with Crippen LogP contribution in [-0.2, 0) is 10.9 Å². The van der Waals surface area contributed by atoms with Crippen LogP contribution < -0.4 is 16.4 Å². The quantitative estimate of drug-likeness (QED) is 0.114. The van der Waals surface area contributed by atoms with Gasteiger partial charge < -0.3 is 5.11 Å². The topological polar surface area (TPSA) is 20.2 Å². The molecule has 5 aromatic rings. The third kappa shape index (κ3) is 6.27. The highest BCUT2D eigenvalue weighted by Gasteiger charge is 2.41. The standard InChI is InChI=1S/C22H18BF6.C12H12OS/c1-2-3-13-23(20-14(24)7-4-8-15(20)25,21-16(26)9-5-10-17(21)27)22-18(28)11-6-12-19(22)29;1-14(2)12-8-7-11(13)9-5-3-4-6-10(9)12/h4-12H,2-3,13H2,1H3;3-8H,1-2H3/q-1;/p+1. The number of hydrogen-bond acceptors (Lipinski definition) is 1. The molecule has 0 aliphatic rings. The summed E-state index contributed by atoms with van der Waals surface area (Å²) in [6.07, 6.45) is 1.53. The number of benzene rings is 5. The fourth-order valence-electron chi connectivity index (χ4n) is 5.93. The minimum atomic E-state index is -3.32. The molecule has 0 saturated carbocycles. The SMILES string of the molecule is CCCC[B-](c1c(F)cccc1F)(c1c(F)cccc1F)c1c(F)cccc1F.C[S+](C)c1ccc(O)c2ccccc12. The number of hydrogen-bond donors (Lipinski definition) is 1. The molecule has 0 spiro atoms. The lowest BCUT2D eigenvalue weighted by molar-refractivity contribution is 0.481. The highest BCUT2D eigenvalue weighted by molar-refractivity contribution is 7.95. The molecule has 0 atom stereocenters. The maximum Gasteiger partial charge on any atom is 0.162 e. The summed E-state index contributed by atoms with van der Waals surface area (Å²) in [5, 5.41) is 11.8. The first-order chi connectivity index (χ1) is 20.5. The smallest absolute Gasteiger partial charge is 0.162 e. The first-order valence-electron chi connectivity index (χ1n) is 13.8. The minimum Gasteiger partial charge on any atom is -0.507 e. The monoisotopic (exact) mass is 612 g/mol. The summed E-state index contributed by atoms with van der Waals surface area (Å²) < 4.78 is 89.7. The Morgan fingerprint density at radius 3 is 1.33 bits per heavy atom. The van der Waals surface area contributed by atoms with Gasteiger partial charge in [-0.3, -0.25) is 0 Å². The third-order valence-electron chi connectivity index (χ3n) is 7.77. The Hall–Kier alpha value is -3.85. The third-order valence-corrected chi connectivity index (χ3v) is 9.00. The van der Waals surface area contributed by atoms with Gasteiger partial charge in [0.1, 0.15) is 24.4 Å². The van der Waals surface area contributed by atoms with Crippen LogP contribution in [0.4, 0.5) is 26.3 Å². The number of rotatable bonds is 7. The van der Waals surface area contributed by atoms with Crippen LogP contribution >= 0.6 is 0 Å². The van der Waals surface area contributed by atoms with Crippen LogP contribution in [-0.4, -0.2) is 23.8 Å². The maximum atomic E-state index is 15.0. The van der Waals surface area contributed by atoms with Crippen molar-refractivity contribution in [2.24, 2.45) is 0 Å². The molecular weight excluding hydrogens is 581 g/mol. The maximum absolute atomic E-state index is 15.0. The molecule has 0 aliphatic heterocycles. The summed E-state index contributed by atoms with van der Waals surface area (Å²) >= 11 is 0.